The minimum Gasteiger partial charge on any atom is -0.491 e. The number of para-hydroxylation sites is 1. The van der Waals surface area contributed by atoms with Gasteiger partial charge in [-0.15, -0.1) is 0 Å². The number of ether oxygens (including phenoxy) is 2. The van der Waals surface area contributed by atoms with Crippen LogP contribution in [0, 0.1) is 0 Å². The highest BCUT2D eigenvalue weighted by Crippen LogP contribution is 2.27. The van der Waals surface area contributed by atoms with E-state index >= 15 is 0 Å². The topological polar surface area (TPSA) is 58.7 Å². The number of benzene rings is 1. The number of hydrogen-bond donors (Lipinski definition) is 0. The molecule has 2 aliphatic heterocycles. The SMILES string of the molecule is C[Si]1O[Si](C)O[Si](C)(CCc2ccccc2OCC2CO2)O[Si](C)O1. The summed E-state index contributed by atoms with van der Waals surface area (Å²) in [5.41, 5.74) is 1.18. The normalized spacial score (nSPS) is 25.4. The third-order valence-electron chi connectivity index (χ3n) is 3.94. The molecule has 0 saturated carbocycles. The van der Waals surface area contributed by atoms with Crippen LogP contribution in [0.25, 0.3) is 0 Å². The van der Waals surface area contributed by atoms with E-state index in [1.807, 2.05) is 37.8 Å². The second-order valence-electron chi connectivity index (χ2n) is 6.39. The molecule has 1 unspecified atom stereocenters. The van der Waals surface area contributed by atoms with Crippen molar-refractivity contribution in [3.63, 3.8) is 0 Å². The van der Waals surface area contributed by atoms with Gasteiger partial charge in [-0.05, 0) is 50.3 Å². The van der Waals surface area contributed by atoms with Crippen molar-refractivity contribution >= 4 is 36.4 Å². The van der Waals surface area contributed by atoms with E-state index in [9.17, 15) is 0 Å². The van der Waals surface area contributed by atoms with Crippen molar-refractivity contribution in [1.29, 1.82) is 0 Å². The summed E-state index contributed by atoms with van der Waals surface area (Å²) in [6.07, 6.45) is 1.12. The lowest BCUT2D eigenvalue weighted by molar-refractivity contribution is 0.260. The maximum atomic E-state index is 6.30. The molecule has 2 heterocycles. The van der Waals surface area contributed by atoms with E-state index in [1.165, 1.54) is 5.56 Å². The van der Waals surface area contributed by atoms with Gasteiger partial charge in [0.05, 0.1) is 6.61 Å². The maximum Gasteiger partial charge on any atom is 0.362 e. The number of aryl methyl sites for hydroxylation is 1. The minimum absolute atomic E-state index is 0.257. The van der Waals surface area contributed by atoms with E-state index in [1.54, 1.807) is 0 Å². The summed E-state index contributed by atoms with van der Waals surface area (Å²) in [5, 5.41) is 0. The highest BCUT2D eigenvalue weighted by atomic mass is 28.5. The molecule has 1 atom stereocenters. The Balaban J connectivity index is 1.62. The van der Waals surface area contributed by atoms with Gasteiger partial charge < -0.3 is 25.9 Å². The van der Waals surface area contributed by atoms with Crippen molar-refractivity contribution < 1.29 is 25.9 Å². The van der Waals surface area contributed by atoms with Crippen molar-refractivity contribution in [3.8, 4) is 5.75 Å². The summed E-state index contributed by atoms with van der Waals surface area (Å²) in [6, 6.07) is 9.03. The first kappa shape index (κ1) is 19.4. The first-order valence-electron chi connectivity index (χ1n) is 8.50. The number of rotatable bonds is 6. The predicted octanol–water partition coefficient (Wildman–Crippen LogP) is 2.51. The molecule has 0 spiro atoms. The van der Waals surface area contributed by atoms with Gasteiger partial charge in [-0.1, -0.05) is 18.2 Å². The highest BCUT2D eigenvalue weighted by Gasteiger charge is 2.40. The van der Waals surface area contributed by atoms with E-state index in [-0.39, 0.29) is 6.10 Å². The summed E-state index contributed by atoms with van der Waals surface area (Å²) in [7, 11) is -6.25. The Hall–Kier alpha value is -0.312. The number of epoxide rings is 1. The molecule has 0 aromatic heterocycles. The van der Waals surface area contributed by atoms with Crippen LogP contribution < -0.4 is 4.74 Å². The Labute approximate surface area is 156 Å². The number of hydrogen-bond acceptors (Lipinski definition) is 6. The van der Waals surface area contributed by atoms with Gasteiger partial charge in [0.25, 0.3) is 0 Å². The Morgan fingerprint density at radius 3 is 2.36 bits per heavy atom. The minimum atomic E-state index is -2.34. The lowest BCUT2D eigenvalue weighted by Gasteiger charge is -2.35. The molecule has 6 nitrogen and oxygen atoms in total. The van der Waals surface area contributed by atoms with Gasteiger partial charge in [-0.25, -0.2) is 0 Å². The molecular formula is C15H25O6Si4. The third kappa shape index (κ3) is 6.11. The first-order chi connectivity index (χ1) is 11.9. The first-order valence-corrected chi connectivity index (χ1v) is 16.5. The predicted molar refractivity (Wildman–Crippen MR) is 101 cm³/mol. The van der Waals surface area contributed by atoms with E-state index < -0.39 is 36.4 Å². The largest absolute Gasteiger partial charge is 0.491 e. The van der Waals surface area contributed by atoms with Crippen LogP contribution in [0.15, 0.2) is 24.3 Å². The smallest absolute Gasteiger partial charge is 0.362 e. The molecule has 1 aromatic rings. The molecule has 3 rings (SSSR count). The van der Waals surface area contributed by atoms with Crippen LogP contribution in [-0.4, -0.2) is 55.7 Å². The van der Waals surface area contributed by atoms with E-state index in [0.717, 1.165) is 24.8 Å². The monoisotopic (exact) mass is 413 g/mol. The fraction of sp³-hybridized carbons (Fsp3) is 0.600. The molecule has 10 heteroatoms. The summed E-state index contributed by atoms with van der Waals surface area (Å²) in [5.74, 6) is 0.928. The molecule has 3 radical (unpaired) electrons. The van der Waals surface area contributed by atoms with Crippen molar-refractivity contribution in [2.45, 2.75) is 44.8 Å². The molecule has 25 heavy (non-hydrogen) atoms. The van der Waals surface area contributed by atoms with Crippen LogP contribution in [0.4, 0.5) is 0 Å². The van der Waals surface area contributed by atoms with Gasteiger partial charge in [0.2, 0.25) is 0 Å². The van der Waals surface area contributed by atoms with Crippen LogP contribution in [-0.2, 0) is 27.6 Å². The van der Waals surface area contributed by atoms with E-state index in [2.05, 4.69) is 12.6 Å². The average molecular weight is 414 g/mol. The van der Waals surface area contributed by atoms with Crippen LogP contribution in [0.3, 0.4) is 0 Å². The summed E-state index contributed by atoms with van der Waals surface area (Å²) >= 11 is 0. The van der Waals surface area contributed by atoms with Gasteiger partial charge in [0, 0.05) is 0 Å². The molecular weight excluding hydrogens is 389 g/mol. The zero-order valence-electron chi connectivity index (χ0n) is 15.2. The fourth-order valence-electron chi connectivity index (χ4n) is 2.76. The van der Waals surface area contributed by atoms with Gasteiger partial charge in [-0.2, -0.15) is 0 Å². The molecule has 0 aliphatic carbocycles. The lowest BCUT2D eigenvalue weighted by atomic mass is 10.1. The molecule has 2 aliphatic rings. The molecule has 2 saturated heterocycles. The van der Waals surface area contributed by atoms with Crippen LogP contribution in [0.2, 0.25) is 32.2 Å². The molecule has 0 bridgehead atoms. The summed E-state index contributed by atoms with van der Waals surface area (Å²) in [6.45, 7) is 9.59. The fourth-order valence-corrected chi connectivity index (χ4v) is 14.6. The summed E-state index contributed by atoms with van der Waals surface area (Å²) in [4.78, 5) is 0. The Morgan fingerprint density at radius 1 is 1.08 bits per heavy atom. The second-order valence-corrected chi connectivity index (χ2v) is 15.4. The van der Waals surface area contributed by atoms with Gasteiger partial charge in [-0.3, -0.25) is 0 Å². The van der Waals surface area contributed by atoms with Crippen molar-refractivity contribution in [2.24, 2.45) is 0 Å². The maximum absolute atomic E-state index is 6.30. The summed E-state index contributed by atoms with van der Waals surface area (Å²) < 4.78 is 35.5. The van der Waals surface area contributed by atoms with Crippen LogP contribution in [0.5, 0.6) is 5.75 Å². The van der Waals surface area contributed by atoms with Crippen LogP contribution >= 0.6 is 0 Å². The second kappa shape index (κ2) is 8.58. The quantitative estimate of drug-likeness (QED) is 0.527. The molecule has 0 N–H and O–H groups in total. The van der Waals surface area contributed by atoms with E-state index in [0.29, 0.717) is 6.61 Å². The zero-order valence-corrected chi connectivity index (χ0v) is 19.2. The molecule has 1 aromatic carbocycles. The van der Waals surface area contributed by atoms with Crippen molar-refractivity contribution in [2.75, 3.05) is 13.2 Å². The Morgan fingerprint density at radius 2 is 1.72 bits per heavy atom. The lowest BCUT2D eigenvalue weighted by Crippen LogP contribution is -2.53. The standard InChI is InChI=1S/C15H25O6Si4/c1-22-18-23(2)20-25(4,21-24(3)19-22)10-9-13-7-5-6-8-15(13)17-12-14-11-16-14/h5-8,14H,9-12H2,1-4H3. The average Bonchev–Trinajstić information content (AvgIpc) is 3.34. The van der Waals surface area contributed by atoms with Crippen LogP contribution in [0.1, 0.15) is 5.56 Å². The van der Waals surface area contributed by atoms with Gasteiger partial charge in [0.15, 0.2) is 0 Å². The van der Waals surface area contributed by atoms with E-state index in [4.69, 9.17) is 25.9 Å². The van der Waals surface area contributed by atoms with Gasteiger partial charge in [0.1, 0.15) is 18.5 Å². The Bertz CT molecular complexity index is 559. The molecule has 137 valence electrons. The zero-order chi connectivity index (χ0) is 17.9. The van der Waals surface area contributed by atoms with Gasteiger partial charge >= 0.3 is 36.4 Å². The van der Waals surface area contributed by atoms with Crippen molar-refractivity contribution in [3.05, 3.63) is 29.8 Å². The molecule has 0 amide bonds. The molecule has 2 fully saturated rings. The highest BCUT2D eigenvalue weighted by molar-refractivity contribution is 6.81. The van der Waals surface area contributed by atoms with Crippen molar-refractivity contribution in [1.82, 2.24) is 0 Å². The third-order valence-corrected chi connectivity index (χ3v) is 15.5. The Kier molecular flexibility index (Phi) is 6.68.